The van der Waals surface area contributed by atoms with E-state index in [0.717, 1.165) is 15.6 Å². The summed E-state index contributed by atoms with van der Waals surface area (Å²) in [7, 11) is 0. The van der Waals surface area contributed by atoms with Gasteiger partial charge in [-0.15, -0.1) is 0 Å². The Morgan fingerprint density at radius 2 is 1.55 bits per heavy atom. The fourth-order valence-corrected chi connectivity index (χ4v) is 3.94. The minimum atomic E-state index is -0.720. The fourth-order valence-electron chi connectivity index (χ4n) is 3.07. The van der Waals surface area contributed by atoms with Crippen LogP contribution in [0.5, 0.6) is 5.75 Å². The van der Waals surface area contributed by atoms with Gasteiger partial charge in [-0.3, -0.25) is 9.59 Å². The maximum atomic E-state index is 12.7. The average Bonchev–Trinajstić information content (AvgIpc) is 2.70. The predicted molar refractivity (Wildman–Crippen MR) is 128 cm³/mol. The maximum Gasteiger partial charge on any atom is 0.265 e. The van der Waals surface area contributed by atoms with E-state index in [2.05, 4.69) is 26.6 Å². The molecule has 5 nitrogen and oxygen atoms in total. The van der Waals surface area contributed by atoms with Crippen molar-refractivity contribution in [3.8, 4) is 5.75 Å². The van der Waals surface area contributed by atoms with Crippen LogP contribution in [0.15, 0.2) is 65.1 Å². The highest BCUT2D eigenvalue weighted by Crippen LogP contribution is 2.28. The van der Waals surface area contributed by atoms with Crippen molar-refractivity contribution in [2.75, 3.05) is 10.6 Å². The molecule has 0 saturated heterocycles. The number of rotatable bonds is 6. The third-order valence-electron chi connectivity index (χ3n) is 4.56. The molecule has 3 aromatic carbocycles. The lowest BCUT2D eigenvalue weighted by Gasteiger charge is -2.18. The molecule has 1 atom stereocenters. The fraction of sp³-hybridized carbons (Fsp3) is 0.167. The molecule has 1 unspecified atom stereocenters. The van der Waals surface area contributed by atoms with Gasteiger partial charge in [0.1, 0.15) is 5.75 Å². The van der Waals surface area contributed by atoms with Crippen molar-refractivity contribution in [3.05, 3.63) is 86.8 Å². The molecule has 0 radical (unpaired) electrons. The minimum absolute atomic E-state index is 0.302. The molecule has 160 valence electrons. The summed E-state index contributed by atoms with van der Waals surface area (Å²) in [6.45, 7) is 5.55. The number of anilines is 2. The second-order valence-electron chi connectivity index (χ2n) is 7.16. The number of halogens is 2. The van der Waals surface area contributed by atoms with Crippen LogP contribution in [0.2, 0.25) is 5.02 Å². The van der Waals surface area contributed by atoms with Gasteiger partial charge in [-0.1, -0.05) is 39.7 Å². The molecule has 0 aromatic heterocycles. The maximum absolute atomic E-state index is 12.7. The first kappa shape index (κ1) is 22.8. The van der Waals surface area contributed by atoms with Crippen LogP contribution in [0, 0.1) is 13.8 Å². The summed E-state index contributed by atoms with van der Waals surface area (Å²) in [5.74, 6) is 0.0680. The molecular formula is C24H22BrClN2O3. The van der Waals surface area contributed by atoms with Crippen LogP contribution in [0.1, 0.15) is 28.4 Å². The second kappa shape index (κ2) is 9.98. The Balaban J connectivity index is 1.67. The largest absolute Gasteiger partial charge is 0.480 e. The van der Waals surface area contributed by atoms with E-state index >= 15 is 0 Å². The summed E-state index contributed by atoms with van der Waals surface area (Å²) in [5.41, 5.74) is 3.38. The molecular weight excluding hydrogens is 480 g/mol. The van der Waals surface area contributed by atoms with Crippen molar-refractivity contribution in [1.29, 1.82) is 0 Å². The zero-order chi connectivity index (χ0) is 22.5. The van der Waals surface area contributed by atoms with Crippen molar-refractivity contribution < 1.29 is 14.3 Å². The van der Waals surface area contributed by atoms with Crippen molar-refractivity contribution in [2.24, 2.45) is 0 Å². The molecule has 3 aromatic rings. The number of hydrogen-bond donors (Lipinski definition) is 2. The van der Waals surface area contributed by atoms with Gasteiger partial charge in [-0.25, -0.2) is 0 Å². The molecule has 31 heavy (non-hydrogen) atoms. The number of amides is 2. The highest BCUT2D eigenvalue weighted by molar-refractivity contribution is 9.10. The number of carbonyl (C=O) groups excluding carboxylic acids is 2. The lowest BCUT2D eigenvalue weighted by Crippen LogP contribution is -2.30. The molecule has 0 aliphatic heterocycles. The lowest BCUT2D eigenvalue weighted by atomic mass is 10.1. The van der Waals surface area contributed by atoms with Crippen molar-refractivity contribution in [3.63, 3.8) is 0 Å². The van der Waals surface area contributed by atoms with Gasteiger partial charge in [0.2, 0.25) is 0 Å². The first-order valence-electron chi connectivity index (χ1n) is 9.64. The smallest absolute Gasteiger partial charge is 0.265 e. The van der Waals surface area contributed by atoms with E-state index in [1.165, 1.54) is 0 Å². The molecule has 2 amide bonds. The molecule has 0 fully saturated rings. The minimum Gasteiger partial charge on any atom is -0.480 e. The van der Waals surface area contributed by atoms with Crippen LogP contribution < -0.4 is 15.4 Å². The first-order chi connectivity index (χ1) is 14.7. The highest BCUT2D eigenvalue weighted by atomic mass is 79.9. The molecule has 0 spiro atoms. The Kier molecular flexibility index (Phi) is 7.36. The molecule has 0 bridgehead atoms. The van der Waals surface area contributed by atoms with E-state index < -0.39 is 6.10 Å². The lowest BCUT2D eigenvalue weighted by molar-refractivity contribution is -0.122. The normalized spacial score (nSPS) is 11.5. The van der Waals surface area contributed by atoms with Gasteiger partial charge in [0.05, 0.1) is 0 Å². The number of hydrogen-bond acceptors (Lipinski definition) is 3. The molecule has 7 heteroatoms. The van der Waals surface area contributed by atoms with E-state index in [0.29, 0.717) is 27.7 Å². The summed E-state index contributed by atoms with van der Waals surface area (Å²) in [6.07, 6.45) is -0.720. The first-order valence-corrected chi connectivity index (χ1v) is 10.8. The van der Waals surface area contributed by atoms with Gasteiger partial charge in [0, 0.05) is 26.4 Å². The number of aryl methyl sites for hydroxylation is 2. The molecule has 0 saturated carbocycles. The van der Waals surface area contributed by atoms with Gasteiger partial charge < -0.3 is 15.4 Å². The second-order valence-corrected chi connectivity index (χ2v) is 8.52. The van der Waals surface area contributed by atoms with Crippen LogP contribution in [-0.2, 0) is 4.79 Å². The molecule has 2 N–H and O–H groups in total. The quantitative estimate of drug-likeness (QED) is 0.412. The Bertz CT molecular complexity index is 1110. The Labute approximate surface area is 194 Å². The van der Waals surface area contributed by atoms with Crippen LogP contribution in [-0.4, -0.2) is 17.9 Å². The Morgan fingerprint density at radius 1 is 0.935 bits per heavy atom. The molecule has 0 aliphatic rings. The number of benzene rings is 3. The summed E-state index contributed by atoms with van der Waals surface area (Å²) in [6, 6.07) is 17.5. The van der Waals surface area contributed by atoms with Crippen molar-refractivity contribution >= 4 is 50.7 Å². The SMILES string of the molecule is Cc1cc(Br)cc(C)c1OC(C)C(=O)Nc1cccc(C(=O)Nc2cccc(Cl)c2)c1. The number of ether oxygens (including phenoxy) is 1. The van der Waals surface area contributed by atoms with E-state index in [1.807, 2.05) is 26.0 Å². The topological polar surface area (TPSA) is 67.4 Å². The zero-order valence-corrected chi connectivity index (χ0v) is 19.7. The van der Waals surface area contributed by atoms with Crippen LogP contribution >= 0.6 is 27.5 Å². The third kappa shape index (κ3) is 6.09. The van der Waals surface area contributed by atoms with E-state index in [4.69, 9.17) is 16.3 Å². The monoisotopic (exact) mass is 500 g/mol. The van der Waals surface area contributed by atoms with E-state index in [9.17, 15) is 9.59 Å². The van der Waals surface area contributed by atoms with Gasteiger partial charge in [0.15, 0.2) is 6.10 Å². The number of nitrogens with one attached hydrogen (secondary N) is 2. The molecule has 0 heterocycles. The Hall–Kier alpha value is -2.83. The summed E-state index contributed by atoms with van der Waals surface area (Å²) in [5, 5.41) is 6.13. The zero-order valence-electron chi connectivity index (χ0n) is 17.3. The highest BCUT2D eigenvalue weighted by Gasteiger charge is 2.18. The summed E-state index contributed by atoms with van der Waals surface area (Å²) < 4.78 is 6.87. The van der Waals surface area contributed by atoms with Gasteiger partial charge in [0.25, 0.3) is 11.8 Å². The third-order valence-corrected chi connectivity index (χ3v) is 5.26. The van der Waals surface area contributed by atoms with Crippen LogP contribution in [0.4, 0.5) is 11.4 Å². The predicted octanol–water partition coefficient (Wildman–Crippen LogP) is 6.38. The molecule has 0 aliphatic carbocycles. The summed E-state index contributed by atoms with van der Waals surface area (Å²) >= 11 is 9.41. The van der Waals surface area contributed by atoms with Crippen molar-refractivity contribution in [1.82, 2.24) is 0 Å². The van der Waals surface area contributed by atoms with Crippen LogP contribution in [0.3, 0.4) is 0 Å². The average molecular weight is 502 g/mol. The van der Waals surface area contributed by atoms with Crippen molar-refractivity contribution in [2.45, 2.75) is 26.9 Å². The van der Waals surface area contributed by atoms with E-state index in [1.54, 1.807) is 55.5 Å². The van der Waals surface area contributed by atoms with Gasteiger partial charge in [-0.2, -0.15) is 0 Å². The number of carbonyl (C=O) groups is 2. The summed E-state index contributed by atoms with van der Waals surface area (Å²) in [4.78, 5) is 25.2. The molecule has 3 rings (SSSR count). The Morgan fingerprint density at radius 3 is 2.19 bits per heavy atom. The standard InChI is InChI=1S/C24H22BrClN2O3/c1-14-10-18(25)11-15(2)22(14)31-16(3)23(29)27-20-8-4-6-17(12-20)24(30)28-21-9-5-7-19(26)13-21/h4-13,16H,1-3H3,(H,27,29)(H,28,30). The van der Waals surface area contributed by atoms with Gasteiger partial charge in [-0.05, 0) is 80.4 Å². The van der Waals surface area contributed by atoms with Crippen LogP contribution in [0.25, 0.3) is 0 Å². The van der Waals surface area contributed by atoms with Gasteiger partial charge >= 0.3 is 0 Å². The van der Waals surface area contributed by atoms with E-state index in [-0.39, 0.29) is 11.8 Å².